The molecule has 1 heterocycles. The molecule has 2 aromatic carbocycles. The molecule has 0 aromatic heterocycles. The summed E-state index contributed by atoms with van der Waals surface area (Å²) in [6.07, 6.45) is 2.00. The van der Waals surface area contributed by atoms with Crippen LogP contribution in [0.15, 0.2) is 42.5 Å². The molecule has 1 aliphatic heterocycles. The summed E-state index contributed by atoms with van der Waals surface area (Å²) in [6.45, 7) is 1.50. The van der Waals surface area contributed by atoms with Gasteiger partial charge in [-0.25, -0.2) is 0 Å². The number of nitro benzene ring substituents is 1. The predicted molar refractivity (Wildman–Crippen MR) is 109 cm³/mol. The normalized spacial score (nSPS) is 13.2. The third kappa shape index (κ3) is 5.08. The van der Waals surface area contributed by atoms with Crippen molar-refractivity contribution < 1.29 is 19.2 Å². The Balaban J connectivity index is 1.71. The summed E-state index contributed by atoms with van der Waals surface area (Å²) < 4.78 is 4.75. The quantitative estimate of drug-likeness (QED) is 0.547. The third-order valence-electron chi connectivity index (χ3n) is 4.58. The number of hydrogen-bond acceptors (Lipinski definition) is 6. The van der Waals surface area contributed by atoms with Gasteiger partial charge in [-0.1, -0.05) is 0 Å². The van der Waals surface area contributed by atoms with E-state index >= 15 is 0 Å². The van der Waals surface area contributed by atoms with Crippen molar-refractivity contribution >= 4 is 34.6 Å². The number of nitro groups is 1. The van der Waals surface area contributed by atoms with E-state index in [1.54, 1.807) is 36.4 Å². The SMILES string of the molecule is COCC(=O)Nc1ccc(NC(=O)c2ccc(N3CCCC3)c([N+](=O)[O-])c2)cc1. The Labute approximate surface area is 167 Å². The van der Waals surface area contributed by atoms with Crippen LogP contribution in [-0.4, -0.2) is 43.5 Å². The molecule has 3 rings (SSSR count). The molecule has 0 unspecified atom stereocenters. The number of nitrogens with zero attached hydrogens (tertiary/aromatic N) is 2. The van der Waals surface area contributed by atoms with Gasteiger partial charge in [-0.3, -0.25) is 19.7 Å². The monoisotopic (exact) mass is 398 g/mol. The van der Waals surface area contributed by atoms with Crippen LogP contribution in [-0.2, 0) is 9.53 Å². The first-order valence-corrected chi connectivity index (χ1v) is 9.21. The highest BCUT2D eigenvalue weighted by molar-refractivity contribution is 6.05. The van der Waals surface area contributed by atoms with Crippen molar-refractivity contribution in [1.29, 1.82) is 0 Å². The first kappa shape index (κ1) is 20.3. The van der Waals surface area contributed by atoms with Crippen molar-refractivity contribution in [3.63, 3.8) is 0 Å². The van der Waals surface area contributed by atoms with Crippen molar-refractivity contribution in [2.45, 2.75) is 12.8 Å². The Morgan fingerprint density at radius 2 is 1.69 bits per heavy atom. The van der Waals surface area contributed by atoms with Gasteiger partial charge in [0.05, 0.1) is 4.92 Å². The Bertz CT molecular complexity index is 908. The highest BCUT2D eigenvalue weighted by atomic mass is 16.6. The summed E-state index contributed by atoms with van der Waals surface area (Å²) in [4.78, 5) is 37.0. The molecule has 9 nitrogen and oxygen atoms in total. The molecule has 1 saturated heterocycles. The minimum atomic E-state index is -0.456. The molecule has 1 aliphatic rings. The molecule has 0 bridgehead atoms. The predicted octanol–water partition coefficient (Wildman–Crippen LogP) is 3.03. The van der Waals surface area contributed by atoms with Gasteiger partial charge in [-0.15, -0.1) is 0 Å². The number of ether oxygens (including phenoxy) is 1. The smallest absolute Gasteiger partial charge is 0.293 e. The number of carbonyl (C=O) groups excluding carboxylic acids is 2. The van der Waals surface area contributed by atoms with Gasteiger partial charge in [-0.05, 0) is 49.2 Å². The molecular formula is C20H22N4O5. The minimum Gasteiger partial charge on any atom is -0.375 e. The lowest BCUT2D eigenvalue weighted by molar-refractivity contribution is -0.384. The van der Waals surface area contributed by atoms with Crippen LogP contribution >= 0.6 is 0 Å². The standard InChI is InChI=1S/C20H22N4O5/c1-29-13-19(25)21-15-5-7-16(8-6-15)22-20(26)14-4-9-17(18(12-14)24(27)28)23-10-2-3-11-23/h4-9,12H,2-3,10-11,13H2,1H3,(H,21,25)(H,22,26). The molecule has 1 fully saturated rings. The van der Waals surface area contributed by atoms with Crippen LogP contribution in [0, 0.1) is 10.1 Å². The van der Waals surface area contributed by atoms with Crippen LogP contribution in [0.4, 0.5) is 22.7 Å². The van der Waals surface area contributed by atoms with Crippen molar-refractivity contribution in [3.05, 3.63) is 58.1 Å². The highest BCUT2D eigenvalue weighted by Crippen LogP contribution is 2.32. The molecule has 152 valence electrons. The van der Waals surface area contributed by atoms with Gasteiger partial charge in [-0.2, -0.15) is 0 Å². The molecule has 9 heteroatoms. The average Bonchev–Trinajstić information content (AvgIpc) is 3.24. The second-order valence-corrected chi connectivity index (χ2v) is 6.67. The number of nitrogens with one attached hydrogen (secondary N) is 2. The van der Waals surface area contributed by atoms with Gasteiger partial charge in [0.2, 0.25) is 5.91 Å². The zero-order chi connectivity index (χ0) is 20.8. The van der Waals surface area contributed by atoms with E-state index in [9.17, 15) is 19.7 Å². The fourth-order valence-electron chi connectivity index (χ4n) is 3.20. The van der Waals surface area contributed by atoms with Gasteiger partial charge in [0.25, 0.3) is 11.6 Å². The second-order valence-electron chi connectivity index (χ2n) is 6.67. The van der Waals surface area contributed by atoms with E-state index in [1.807, 2.05) is 4.90 Å². The Kier molecular flexibility index (Phi) is 6.40. The fraction of sp³-hybridized carbons (Fsp3) is 0.300. The van der Waals surface area contributed by atoms with E-state index in [1.165, 1.54) is 13.2 Å². The molecule has 0 aliphatic carbocycles. The Hall–Kier alpha value is -3.46. The largest absolute Gasteiger partial charge is 0.375 e. The molecule has 2 amide bonds. The molecule has 0 saturated carbocycles. The summed E-state index contributed by atoms with van der Waals surface area (Å²) >= 11 is 0. The van der Waals surface area contributed by atoms with Gasteiger partial charge >= 0.3 is 0 Å². The molecule has 0 radical (unpaired) electrons. The lowest BCUT2D eigenvalue weighted by Gasteiger charge is -2.17. The maximum Gasteiger partial charge on any atom is 0.293 e. The lowest BCUT2D eigenvalue weighted by atomic mass is 10.1. The van der Waals surface area contributed by atoms with Crippen LogP contribution in [0.2, 0.25) is 0 Å². The number of benzene rings is 2. The summed E-state index contributed by atoms with van der Waals surface area (Å²) in [6, 6.07) is 11.1. The van der Waals surface area contributed by atoms with Crippen LogP contribution in [0.1, 0.15) is 23.2 Å². The first-order valence-electron chi connectivity index (χ1n) is 9.21. The molecule has 29 heavy (non-hydrogen) atoms. The summed E-state index contributed by atoms with van der Waals surface area (Å²) in [7, 11) is 1.43. The van der Waals surface area contributed by atoms with E-state index in [2.05, 4.69) is 10.6 Å². The van der Waals surface area contributed by atoms with E-state index in [0.29, 0.717) is 17.1 Å². The van der Waals surface area contributed by atoms with E-state index < -0.39 is 10.8 Å². The summed E-state index contributed by atoms with van der Waals surface area (Å²) in [5.41, 5.74) is 1.75. The molecule has 0 atom stereocenters. The van der Waals surface area contributed by atoms with Gasteiger partial charge in [0.15, 0.2) is 0 Å². The number of carbonyl (C=O) groups is 2. The number of hydrogen-bond donors (Lipinski definition) is 2. The van der Waals surface area contributed by atoms with Crippen molar-refractivity contribution in [2.75, 3.05) is 42.3 Å². The first-order chi connectivity index (χ1) is 14.0. The zero-order valence-corrected chi connectivity index (χ0v) is 16.0. The zero-order valence-electron chi connectivity index (χ0n) is 16.0. The lowest BCUT2D eigenvalue weighted by Crippen LogP contribution is -2.20. The number of rotatable bonds is 7. The summed E-state index contributed by atoms with van der Waals surface area (Å²) in [5, 5.41) is 16.8. The van der Waals surface area contributed by atoms with E-state index in [-0.39, 0.29) is 23.8 Å². The van der Waals surface area contributed by atoms with Crippen molar-refractivity contribution in [2.24, 2.45) is 0 Å². The van der Waals surface area contributed by atoms with Gasteiger partial charge in [0, 0.05) is 43.2 Å². The van der Waals surface area contributed by atoms with Gasteiger partial charge < -0.3 is 20.3 Å². The highest BCUT2D eigenvalue weighted by Gasteiger charge is 2.23. The van der Waals surface area contributed by atoms with Crippen molar-refractivity contribution in [1.82, 2.24) is 0 Å². The molecule has 2 aromatic rings. The Morgan fingerprint density at radius 1 is 1.07 bits per heavy atom. The van der Waals surface area contributed by atoms with E-state index in [4.69, 9.17) is 4.74 Å². The maximum atomic E-state index is 12.5. The molecular weight excluding hydrogens is 376 g/mol. The fourth-order valence-corrected chi connectivity index (χ4v) is 3.20. The summed E-state index contributed by atoms with van der Waals surface area (Å²) in [5.74, 6) is -0.730. The topological polar surface area (TPSA) is 114 Å². The van der Waals surface area contributed by atoms with Crippen LogP contribution in [0.3, 0.4) is 0 Å². The molecule has 2 N–H and O–H groups in total. The van der Waals surface area contributed by atoms with Crippen LogP contribution < -0.4 is 15.5 Å². The maximum absolute atomic E-state index is 12.5. The number of anilines is 3. The van der Waals surface area contributed by atoms with Crippen LogP contribution in [0.5, 0.6) is 0 Å². The van der Waals surface area contributed by atoms with Gasteiger partial charge in [0.1, 0.15) is 12.3 Å². The number of methoxy groups -OCH3 is 1. The minimum absolute atomic E-state index is 0.0509. The third-order valence-corrected chi connectivity index (χ3v) is 4.58. The average molecular weight is 398 g/mol. The van der Waals surface area contributed by atoms with E-state index in [0.717, 1.165) is 25.9 Å². The number of amides is 2. The van der Waals surface area contributed by atoms with Crippen LogP contribution in [0.25, 0.3) is 0 Å². The molecule has 0 spiro atoms. The van der Waals surface area contributed by atoms with Crippen molar-refractivity contribution in [3.8, 4) is 0 Å². The second kappa shape index (κ2) is 9.16. The Morgan fingerprint density at radius 3 is 2.28 bits per heavy atom.